The van der Waals surface area contributed by atoms with Crippen LogP contribution < -0.4 is 11.3 Å². The first kappa shape index (κ1) is 11.8. The highest BCUT2D eigenvalue weighted by Gasteiger charge is 2.05. The lowest BCUT2D eigenvalue weighted by atomic mass is 10.2. The lowest BCUT2D eigenvalue weighted by Crippen LogP contribution is -2.21. The number of rotatable bonds is 3. The minimum Gasteiger partial charge on any atom is -0.374 e. The first-order chi connectivity index (χ1) is 9.24. The third kappa shape index (κ3) is 2.32. The molecular weight excluding hydrogens is 262 g/mol. The predicted octanol–water partition coefficient (Wildman–Crippen LogP) is 1.07. The molecule has 0 aliphatic heterocycles. The molecule has 3 aromatic rings. The van der Waals surface area contributed by atoms with E-state index in [-0.39, 0.29) is 5.56 Å². The van der Waals surface area contributed by atoms with Gasteiger partial charge in [0.15, 0.2) is 0 Å². The molecule has 0 bridgehead atoms. The van der Waals surface area contributed by atoms with Crippen molar-refractivity contribution < 1.29 is 0 Å². The highest BCUT2D eigenvalue weighted by atomic mass is 32.1. The quantitative estimate of drug-likeness (QED) is 0.771. The summed E-state index contributed by atoms with van der Waals surface area (Å²) in [5, 5.41) is 9.56. The molecule has 0 spiro atoms. The van der Waals surface area contributed by atoms with E-state index in [1.807, 2.05) is 18.2 Å². The second kappa shape index (κ2) is 4.77. The van der Waals surface area contributed by atoms with Gasteiger partial charge in [-0.2, -0.15) is 0 Å². The molecule has 0 radical (unpaired) electrons. The molecule has 0 amide bonds. The summed E-state index contributed by atoms with van der Waals surface area (Å²) in [5.41, 5.74) is 6.19. The van der Waals surface area contributed by atoms with Gasteiger partial charge in [0, 0.05) is 13.0 Å². The minimum atomic E-state index is -0.0388. The Morgan fingerprint density at radius 3 is 2.89 bits per heavy atom. The van der Waals surface area contributed by atoms with Crippen LogP contribution in [-0.2, 0) is 13.0 Å². The fraction of sp³-hybridized carbons (Fsp3) is 0.167. The Hall–Kier alpha value is -2.28. The van der Waals surface area contributed by atoms with E-state index in [0.29, 0.717) is 29.0 Å². The van der Waals surface area contributed by atoms with E-state index in [2.05, 4.69) is 15.2 Å². The number of nitrogens with zero attached hydrogens (tertiary/aromatic N) is 4. The monoisotopic (exact) mass is 273 g/mol. The zero-order valence-electron chi connectivity index (χ0n) is 9.98. The van der Waals surface area contributed by atoms with Gasteiger partial charge in [-0.25, -0.2) is 4.98 Å². The van der Waals surface area contributed by atoms with E-state index < -0.39 is 0 Å². The van der Waals surface area contributed by atoms with Gasteiger partial charge in [0.2, 0.25) is 5.13 Å². The molecule has 19 heavy (non-hydrogen) atoms. The lowest BCUT2D eigenvalue weighted by Gasteiger charge is -2.04. The number of aryl methyl sites for hydroxylation is 2. The van der Waals surface area contributed by atoms with Gasteiger partial charge in [0.25, 0.3) is 5.56 Å². The van der Waals surface area contributed by atoms with E-state index in [9.17, 15) is 4.79 Å². The highest BCUT2D eigenvalue weighted by Crippen LogP contribution is 2.12. The Kier molecular flexibility index (Phi) is 2.96. The van der Waals surface area contributed by atoms with Crippen LogP contribution in [0.5, 0.6) is 0 Å². The van der Waals surface area contributed by atoms with Gasteiger partial charge >= 0.3 is 0 Å². The standard InChI is InChI=1S/C12H11N5OS/c13-12-16-15-10(19-12)5-6-17-7-14-9-4-2-1-3-8(9)11(17)18/h1-4,7H,5-6H2,(H2,13,16). The molecular formula is C12H11N5OS. The van der Waals surface area contributed by atoms with E-state index in [0.717, 1.165) is 5.01 Å². The summed E-state index contributed by atoms with van der Waals surface area (Å²) in [4.78, 5) is 16.5. The second-order valence-corrected chi connectivity index (χ2v) is 5.14. The molecule has 96 valence electrons. The van der Waals surface area contributed by atoms with Crippen molar-refractivity contribution >= 4 is 27.4 Å². The zero-order valence-corrected chi connectivity index (χ0v) is 10.8. The number of para-hydroxylation sites is 1. The van der Waals surface area contributed by atoms with Crippen LogP contribution in [0.2, 0.25) is 0 Å². The van der Waals surface area contributed by atoms with Gasteiger partial charge in [-0.1, -0.05) is 23.5 Å². The molecule has 1 aromatic carbocycles. The van der Waals surface area contributed by atoms with E-state index >= 15 is 0 Å². The van der Waals surface area contributed by atoms with Gasteiger partial charge < -0.3 is 5.73 Å². The van der Waals surface area contributed by atoms with Crippen LogP contribution in [-0.4, -0.2) is 19.7 Å². The molecule has 2 heterocycles. The van der Waals surface area contributed by atoms with Crippen molar-refractivity contribution in [1.29, 1.82) is 0 Å². The SMILES string of the molecule is Nc1nnc(CCn2cnc3ccccc3c2=O)s1. The van der Waals surface area contributed by atoms with Gasteiger partial charge in [0.05, 0.1) is 17.2 Å². The maximum Gasteiger partial charge on any atom is 0.261 e. The summed E-state index contributed by atoms with van der Waals surface area (Å²) < 4.78 is 1.58. The summed E-state index contributed by atoms with van der Waals surface area (Å²) >= 11 is 1.34. The number of aromatic nitrogens is 4. The summed E-state index contributed by atoms with van der Waals surface area (Å²) in [6, 6.07) is 7.31. The van der Waals surface area contributed by atoms with Gasteiger partial charge in [-0.3, -0.25) is 9.36 Å². The molecule has 0 unspecified atom stereocenters. The Labute approximate surface area is 112 Å². The molecule has 0 saturated carbocycles. The average molecular weight is 273 g/mol. The van der Waals surface area contributed by atoms with Crippen molar-refractivity contribution in [3.05, 3.63) is 46.0 Å². The Bertz CT molecular complexity index is 779. The normalized spacial score (nSPS) is 10.9. The highest BCUT2D eigenvalue weighted by molar-refractivity contribution is 7.15. The van der Waals surface area contributed by atoms with Gasteiger partial charge in [-0.05, 0) is 12.1 Å². The first-order valence-corrected chi connectivity index (χ1v) is 6.58. The van der Waals surface area contributed by atoms with Crippen molar-refractivity contribution in [3.63, 3.8) is 0 Å². The van der Waals surface area contributed by atoms with Crippen LogP contribution in [0.1, 0.15) is 5.01 Å². The molecule has 0 aliphatic carbocycles. The van der Waals surface area contributed by atoms with E-state index in [1.54, 1.807) is 17.0 Å². The van der Waals surface area contributed by atoms with Crippen molar-refractivity contribution in [2.75, 3.05) is 5.73 Å². The summed E-state index contributed by atoms with van der Waals surface area (Å²) in [5.74, 6) is 0. The average Bonchev–Trinajstić information content (AvgIpc) is 2.84. The van der Waals surface area contributed by atoms with E-state index in [1.165, 1.54) is 11.3 Å². The smallest absolute Gasteiger partial charge is 0.261 e. The van der Waals surface area contributed by atoms with Crippen molar-refractivity contribution in [3.8, 4) is 0 Å². The van der Waals surface area contributed by atoms with Crippen molar-refractivity contribution in [1.82, 2.24) is 19.7 Å². The van der Waals surface area contributed by atoms with Crippen molar-refractivity contribution in [2.45, 2.75) is 13.0 Å². The third-order valence-electron chi connectivity index (χ3n) is 2.78. The number of nitrogen functional groups attached to an aromatic ring is 1. The van der Waals surface area contributed by atoms with Crippen LogP contribution >= 0.6 is 11.3 Å². The van der Waals surface area contributed by atoms with Crippen LogP contribution in [0.15, 0.2) is 35.4 Å². The Morgan fingerprint density at radius 2 is 2.11 bits per heavy atom. The summed E-state index contributed by atoms with van der Waals surface area (Å²) in [6.45, 7) is 0.519. The molecule has 7 heteroatoms. The van der Waals surface area contributed by atoms with Crippen LogP contribution in [0.25, 0.3) is 10.9 Å². The number of benzene rings is 1. The molecule has 3 rings (SSSR count). The number of hydrogen-bond acceptors (Lipinski definition) is 6. The Balaban J connectivity index is 1.89. The minimum absolute atomic E-state index is 0.0388. The summed E-state index contributed by atoms with van der Waals surface area (Å²) in [6.07, 6.45) is 2.18. The number of anilines is 1. The summed E-state index contributed by atoms with van der Waals surface area (Å²) in [7, 11) is 0. The molecule has 2 aromatic heterocycles. The topological polar surface area (TPSA) is 86.7 Å². The third-order valence-corrected chi connectivity index (χ3v) is 3.59. The lowest BCUT2D eigenvalue weighted by molar-refractivity contribution is 0.657. The Morgan fingerprint density at radius 1 is 1.26 bits per heavy atom. The number of fused-ring (bicyclic) bond motifs is 1. The molecule has 0 saturated heterocycles. The molecule has 2 N–H and O–H groups in total. The van der Waals surface area contributed by atoms with Gasteiger partial charge in [-0.15, -0.1) is 10.2 Å². The second-order valence-electron chi connectivity index (χ2n) is 4.04. The van der Waals surface area contributed by atoms with Crippen molar-refractivity contribution in [2.24, 2.45) is 0 Å². The molecule has 0 atom stereocenters. The molecule has 0 aliphatic rings. The maximum atomic E-state index is 12.2. The number of nitrogens with two attached hydrogens (primary N) is 1. The number of hydrogen-bond donors (Lipinski definition) is 1. The predicted molar refractivity (Wildman–Crippen MR) is 74.0 cm³/mol. The van der Waals surface area contributed by atoms with Crippen LogP contribution in [0.3, 0.4) is 0 Å². The van der Waals surface area contributed by atoms with Crippen LogP contribution in [0.4, 0.5) is 5.13 Å². The van der Waals surface area contributed by atoms with Crippen LogP contribution in [0, 0.1) is 0 Å². The fourth-order valence-corrected chi connectivity index (χ4v) is 2.45. The largest absolute Gasteiger partial charge is 0.374 e. The fourth-order valence-electron chi connectivity index (χ4n) is 1.85. The zero-order chi connectivity index (χ0) is 13.2. The first-order valence-electron chi connectivity index (χ1n) is 5.76. The van der Waals surface area contributed by atoms with Gasteiger partial charge in [0.1, 0.15) is 5.01 Å². The van der Waals surface area contributed by atoms with E-state index in [4.69, 9.17) is 5.73 Å². The molecule has 0 fully saturated rings. The molecule has 6 nitrogen and oxygen atoms in total. The maximum absolute atomic E-state index is 12.2.